The van der Waals surface area contributed by atoms with Crippen LogP contribution < -0.4 is 15.4 Å². The number of hydrogen-bond donors (Lipinski definition) is 2. The van der Waals surface area contributed by atoms with Crippen molar-refractivity contribution in [3.05, 3.63) is 95.0 Å². The third kappa shape index (κ3) is 5.12. The zero-order chi connectivity index (χ0) is 19.9. The molecule has 5 heteroatoms. The van der Waals surface area contributed by atoms with E-state index < -0.39 is 6.04 Å². The van der Waals surface area contributed by atoms with E-state index in [2.05, 4.69) is 10.6 Å². The maximum atomic E-state index is 13.1. The van der Waals surface area contributed by atoms with Gasteiger partial charge in [0.25, 0.3) is 0 Å². The number of halogens is 1. The molecule has 0 unspecified atom stereocenters. The number of amides is 1. The summed E-state index contributed by atoms with van der Waals surface area (Å²) in [4.78, 5) is 13.1. The Balaban J connectivity index is 1.82. The molecule has 0 aliphatic heterocycles. The quantitative estimate of drug-likeness (QED) is 0.565. The number of hydrogen-bond acceptors (Lipinski definition) is 3. The number of benzene rings is 3. The third-order valence-electron chi connectivity index (χ3n) is 4.52. The minimum atomic E-state index is -0.516. The fraction of sp³-hybridized carbons (Fsp3) is 0.174. The predicted molar refractivity (Wildman–Crippen MR) is 114 cm³/mol. The first-order valence-electron chi connectivity index (χ1n) is 9.08. The van der Waals surface area contributed by atoms with E-state index in [0.29, 0.717) is 16.5 Å². The molecular formula is C23H23ClN2O2. The molecule has 0 fully saturated rings. The Kier molecular flexibility index (Phi) is 6.69. The van der Waals surface area contributed by atoms with Crippen LogP contribution >= 0.6 is 11.6 Å². The van der Waals surface area contributed by atoms with Crippen molar-refractivity contribution < 1.29 is 9.53 Å². The van der Waals surface area contributed by atoms with E-state index in [0.717, 1.165) is 11.1 Å². The van der Waals surface area contributed by atoms with E-state index in [1.807, 2.05) is 79.7 Å². The van der Waals surface area contributed by atoms with Gasteiger partial charge in [-0.3, -0.25) is 10.1 Å². The van der Waals surface area contributed by atoms with Crippen LogP contribution in [0, 0.1) is 0 Å². The van der Waals surface area contributed by atoms with E-state index in [4.69, 9.17) is 16.3 Å². The Morgan fingerprint density at radius 2 is 1.64 bits per heavy atom. The highest BCUT2D eigenvalue weighted by Crippen LogP contribution is 2.24. The summed E-state index contributed by atoms with van der Waals surface area (Å²) in [6.07, 6.45) is 0. The van der Waals surface area contributed by atoms with Crippen molar-refractivity contribution in [2.75, 3.05) is 12.4 Å². The number of methoxy groups -OCH3 is 1. The number of anilines is 1. The van der Waals surface area contributed by atoms with Crippen LogP contribution in [0.4, 0.5) is 5.69 Å². The lowest BCUT2D eigenvalue weighted by Crippen LogP contribution is -2.34. The molecule has 3 aromatic rings. The molecule has 0 saturated carbocycles. The molecule has 2 atom stereocenters. The first kappa shape index (κ1) is 19.9. The Labute approximate surface area is 170 Å². The molecular weight excluding hydrogens is 372 g/mol. The van der Waals surface area contributed by atoms with Gasteiger partial charge in [-0.15, -0.1) is 0 Å². The van der Waals surface area contributed by atoms with Gasteiger partial charge in [0, 0.05) is 22.8 Å². The fourth-order valence-electron chi connectivity index (χ4n) is 2.98. The van der Waals surface area contributed by atoms with Crippen molar-refractivity contribution in [1.29, 1.82) is 0 Å². The highest BCUT2D eigenvalue weighted by molar-refractivity contribution is 6.30. The average Bonchev–Trinajstić information content (AvgIpc) is 2.73. The highest BCUT2D eigenvalue weighted by Gasteiger charge is 2.23. The Morgan fingerprint density at radius 3 is 2.32 bits per heavy atom. The maximum absolute atomic E-state index is 13.1. The molecule has 1 amide bonds. The lowest BCUT2D eigenvalue weighted by atomic mass is 10.0. The maximum Gasteiger partial charge on any atom is 0.246 e. The second-order valence-electron chi connectivity index (χ2n) is 6.50. The highest BCUT2D eigenvalue weighted by atomic mass is 35.5. The standard InChI is InChI=1S/C23H23ClN2O2/c1-16(17-11-13-19(24)14-12-17)25-22(18-7-4-3-5-8-18)23(27)26-20-9-6-10-21(15-20)28-2/h3-16,22,25H,1-2H3,(H,26,27)/t16-,22+/m0/s1. The van der Waals surface area contributed by atoms with Gasteiger partial charge in [0.15, 0.2) is 0 Å². The molecule has 0 spiro atoms. The topological polar surface area (TPSA) is 50.4 Å². The van der Waals surface area contributed by atoms with Gasteiger partial charge in [0.05, 0.1) is 7.11 Å². The molecule has 0 radical (unpaired) electrons. The van der Waals surface area contributed by atoms with Crippen molar-refractivity contribution in [3.8, 4) is 5.75 Å². The number of nitrogens with one attached hydrogen (secondary N) is 2. The minimum absolute atomic E-state index is 0.0430. The van der Waals surface area contributed by atoms with Gasteiger partial charge >= 0.3 is 0 Å². The monoisotopic (exact) mass is 394 g/mol. The van der Waals surface area contributed by atoms with E-state index in [1.165, 1.54) is 0 Å². The van der Waals surface area contributed by atoms with Gasteiger partial charge in [-0.2, -0.15) is 0 Å². The van der Waals surface area contributed by atoms with Gasteiger partial charge in [-0.05, 0) is 42.3 Å². The van der Waals surface area contributed by atoms with Gasteiger partial charge < -0.3 is 10.1 Å². The van der Waals surface area contributed by atoms with Gasteiger partial charge in [-0.25, -0.2) is 0 Å². The minimum Gasteiger partial charge on any atom is -0.497 e. The molecule has 0 aliphatic rings. The van der Waals surface area contributed by atoms with Crippen molar-refractivity contribution in [2.24, 2.45) is 0 Å². The molecule has 28 heavy (non-hydrogen) atoms. The lowest BCUT2D eigenvalue weighted by Gasteiger charge is -2.24. The molecule has 0 aromatic heterocycles. The number of rotatable bonds is 7. The van der Waals surface area contributed by atoms with E-state index in [9.17, 15) is 4.79 Å². The average molecular weight is 395 g/mol. The molecule has 3 aromatic carbocycles. The van der Waals surface area contributed by atoms with Crippen LogP contribution in [0.25, 0.3) is 0 Å². The molecule has 144 valence electrons. The third-order valence-corrected chi connectivity index (χ3v) is 4.77. The van der Waals surface area contributed by atoms with Crippen molar-refractivity contribution >= 4 is 23.2 Å². The van der Waals surface area contributed by atoms with Crippen LogP contribution in [0.3, 0.4) is 0 Å². The Morgan fingerprint density at radius 1 is 0.929 bits per heavy atom. The zero-order valence-corrected chi connectivity index (χ0v) is 16.6. The molecule has 4 nitrogen and oxygen atoms in total. The fourth-order valence-corrected chi connectivity index (χ4v) is 3.11. The van der Waals surface area contributed by atoms with Gasteiger partial charge in [0.1, 0.15) is 11.8 Å². The molecule has 2 N–H and O–H groups in total. The largest absolute Gasteiger partial charge is 0.497 e. The number of carbonyl (C=O) groups excluding carboxylic acids is 1. The zero-order valence-electron chi connectivity index (χ0n) is 15.9. The van der Waals surface area contributed by atoms with Crippen LogP contribution in [-0.2, 0) is 4.79 Å². The summed E-state index contributed by atoms with van der Waals surface area (Å²) in [6, 6.07) is 24.0. The molecule has 3 rings (SSSR count). The Bertz CT molecular complexity index is 913. The van der Waals surface area contributed by atoms with Crippen molar-refractivity contribution in [1.82, 2.24) is 5.32 Å². The van der Waals surface area contributed by atoms with Crippen molar-refractivity contribution in [3.63, 3.8) is 0 Å². The lowest BCUT2D eigenvalue weighted by molar-refractivity contribution is -0.118. The Hall–Kier alpha value is -2.82. The molecule has 0 heterocycles. The van der Waals surface area contributed by atoms with Gasteiger partial charge in [0.2, 0.25) is 5.91 Å². The second-order valence-corrected chi connectivity index (χ2v) is 6.94. The first-order valence-corrected chi connectivity index (χ1v) is 9.46. The summed E-state index contributed by atoms with van der Waals surface area (Å²) in [5.41, 5.74) is 2.63. The van der Waals surface area contributed by atoms with Crippen molar-refractivity contribution in [2.45, 2.75) is 19.0 Å². The first-order chi connectivity index (χ1) is 13.6. The summed E-state index contributed by atoms with van der Waals surface area (Å²) in [5, 5.41) is 7.10. The molecule has 0 bridgehead atoms. The van der Waals surface area contributed by atoms with E-state index in [1.54, 1.807) is 13.2 Å². The normalized spacial score (nSPS) is 12.8. The summed E-state index contributed by atoms with van der Waals surface area (Å²) in [5.74, 6) is 0.553. The summed E-state index contributed by atoms with van der Waals surface area (Å²) in [7, 11) is 1.60. The molecule has 0 saturated heterocycles. The summed E-state index contributed by atoms with van der Waals surface area (Å²) >= 11 is 5.99. The van der Waals surface area contributed by atoms with Crippen LogP contribution in [0.2, 0.25) is 5.02 Å². The van der Waals surface area contributed by atoms with Gasteiger partial charge in [-0.1, -0.05) is 60.1 Å². The number of ether oxygens (including phenoxy) is 1. The summed E-state index contributed by atoms with van der Waals surface area (Å²) < 4.78 is 5.24. The van der Waals surface area contributed by atoms with E-state index >= 15 is 0 Å². The number of carbonyl (C=O) groups is 1. The smallest absolute Gasteiger partial charge is 0.246 e. The molecule has 0 aliphatic carbocycles. The van der Waals surface area contributed by atoms with Crippen LogP contribution in [-0.4, -0.2) is 13.0 Å². The van der Waals surface area contributed by atoms with Crippen LogP contribution in [0.5, 0.6) is 5.75 Å². The van der Waals surface area contributed by atoms with Crippen LogP contribution in [0.1, 0.15) is 30.1 Å². The van der Waals surface area contributed by atoms with Crippen LogP contribution in [0.15, 0.2) is 78.9 Å². The SMILES string of the molecule is COc1cccc(NC(=O)[C@H](N[C@@H](C)c2ccc(Cl)cc2)c2ccccc2)c1. The van der Waals surface area contributed by atoms with E-state index in [-0.39, 0.29) is 11.9 Å². The summed E-state index contributed by atoms with van der Waals surface area (Å²) in [6.45, 7) is 2.03. The second kappa shape index (κ2) is 9.40. The predicted octanol–water partition coefficient (Wildman–Crippen LogP) is 5.38.